The molecule has 0 aliphatic rings. The fourth-order valence-electron chi connectivity index (χ4n) is 1.92. The zero-order valence-corrected chi connectivity index (χ0v) is 13.5. The van der Waals surface area contributed by atoms with Crippen molar-refractivity contribution in [3.05, 3.63) is 58.7 Å². The van der Waals surface area contributed by atoms with Crippen molar-refractivity contribution in [2.24, 2.45) is 0 Å². The zero-order chi connectivity index (χ0) is 15.1. The molecule has 0 bridgehead atoms. The van der Waals surface area contributed by atoms with Crippen molar-refractivity contribution in [1.29, 1.82) is 0 Å². The average molecular weight is 320 g/mol. The Bertz CT molecular complexity index is 599. The molecule has 0 radical (unpaired) electrons. The first-order valence-electron chi connectivity index (χ1n) is 6.86. The van der Waals surface area contributed by atoms with E-state index in [0.29, 0.717) is 5.11 Å². The number of benzene rings is 1. The molecule has 0 saturated heterocycles. The molecule has 0 saturated carbocycles. The summed E-state index contributed by atoms with van der Waals surface area (Å²) in [5.74, 6) is 0.769. The largest absolute Gasteiger partial charge is 0.362 e. The summed E-state index contributed by atoms with van der Waals surface area (Å²) in [4.78, 5) is 4.35. The molecule has 0 atom stereocenters. The second kappa shape index (κ2) is 7.96. The van der Waals surface area contributed by atoms with Gasteiger partial charge < -0.3 is 10.6 Å². The SMILES string of the molecule is Cc1cccc(NC(=S)NCCCc2ccc(Cl)cc2)n1. The second-order valence-electron chi connectivity index (χ2n) is 4.78. The monoisotopic (exact) mass is 319 g/mol. The van der Waals surface area contributed by atoms with E-state index in [1.807, 2.05) is 37.3 Å². The summed E-state index contributed by atoms with van der Waals surface area (Å²) in [6, 6.07) is 13.7. The number of thiocarbonyl (C=S) groups is 1. The molecule has 1 aromatic carbocycles. The molecule has 2 aromatic rings. The van der Waals surface area contributed by atoms with E-state index in [-0.39, 0.29) is 0 Å². The van der Waals surface area contributed by atoms with Gasteiger partial charge in [0.1, 0.15) is 5.82 Å². The first-order valence-corrected chi connectivity index (χ1v) is 7.65. The van der Waals surface area contributed by atoms with Gasteiger partial charge in [0.15, 0.2) is 5.11 Å². The topological polar surface area (TPSA) is 37.0 Å². The lowest BCUT2D eigenvalue weighted by atomic mass is 10.1. The molecule has 110 valence electrons. The van der Waals surface area contributed by atoms with Crippen LogP contribution in [-0.4, -0.2) is 16.6 Å². The molecule has 2 rings (SSSR count). The minimum absolute atomic E-state index is 0.601. The lowest BCUT2D eigenvalue weighted by molar-refractivity contribution is 0.777. The molecule has 0 amide bonds. The molecule has 21 heavy (non-hydrogen) atoms. The summed E-state index contributed by atoms with van der Waals surface area (Å²) in [6.45, 7) is 2.77. The maximum absolute atomic E-state index is 5.86. The summed E-state index contributed by atoms with van der Waals surface area (Å²) >= 11 is 11.1. The molecular weight excluding hydrogens is 302 g/mol. The quantitative estimate of drug-likeness (QED) is 0.646. The fourth-order valence-corrected chi connectivity index (χ4v) is 2.25. The van der Waals surface area contributed by atoms with E-state index in [0.717, 1.165) is 35.9 Å². The number of hydrogen-bond acceptors (Lipinski definition) is 2. The number of nitrogens with one attached hydrogen (secondary N) is 2. The molecule has 1 heterocycles. The number of aromatic nitrogens is 1. The van der Waals surface area contributed by atoms with Crippen molar-refractivity contribution in [1.82, 2.24) is 10.3 Å². The summed E-state index contributed by atoms with van der Waals surface area (Å²) < 4.78 is 0. The number of hydrogen-bond donors (Lipinski definition) is 2. The summed E-state index contributed by atoms with van der Waals surface area (Å²) in [7, 11) is 0. The number of nitrogens with zero attached hydrogens (tertiary/aromatic N) is 1. The standard InChI is InChI=1S/C16H18ClN3S/c1-12-4-2-6-15(19-12)20-16(21)18-11-3-5-13-7-9-14(17)10-8-13/h2,4,6-10H,3,5,11H2,1H3,(H2,18,19,20,21). The van der Waals surface area contributed by atoms with Crippen molar-refractivity contribution in [2.75, 3.05) is 11.9 Å². The first-order chi connectivity index (χ1) is 10.1. The highest BCUT2D eigenvalue weighted by Crippen LogP contribution is 2.10. The number of aryl methyl sites for hydroxylation is 2. The Labute approximate surface area is 135 Å². The number of pyridine rings is 1. The van der Waals surface area contributed by atoms with Crippen LogP contribution >= 0.6 is 23.8 Å². The Morgan fingerprint density at radius 2 is 1.95 bits per heavy atom. The Kier molecular flexibility index (Phi) is 5.96. The van der Waals surface area contributed by atoms with Crippen LogP contribution in [0.5, 0.6) is 0 Å². The van der Waals surface area contributed by atoms with Gasteiger partial charge in [-0.3, -0.25) is 0 Å². The molecule has 2 N–H and O–H groups in total. The molecule has 0 unspecified atom stereocenters. The van der Waals surface area contributed by atoms with Crippen molar-refractivity contribution in [3.8, 4) is 0 Å². The van der Waals surface area contributed by atoms with Gasteiger partial charge in [0.2, 0.25) is 0 Å². The lowest BCUT2D eigenvalue weighted by Crippen LogP contribution is -2.29. The summed E-state index contributed by atoms with van der Waals surface area (Å²) in [5, 5.41) is 7.64. The Balaban J connectivity index is 1.68. The van der Waals surface area contributed by atoms with E-state index in [9.17, 15) is 0 Å². The predicted molar refractivity (Wildman–Crippen MR) is 93.0 cm³/mol. The van der Waals surface area contributed by atoms with Gasteiger partial charge in [-0.2, -0.15) is 0 Å². The molecule has 3 nitrogen and oxygen atoms in total. The molecule has 0 aliphatic carbocycles. The van der Waals surface area contributed by atoms with E-state index < -0.39 is 0 Å². The highest BCUT2D eigenvalue weighted by molar-refractivity contribution is 7.80. The highest BCUT2D eigenvalue weighted by atomic mass is 35.5. The Hall–Kier alpha value is -1.65. The van der Waals surface area contributed by atoms with Crippen LogP contribution < -0.4 is 10.6 Å². The summed E-state index contributed by atoms with van der Waals surface area (Å²) in [6.07, 6.45) is 2.00. The van der Waals surface area contributed by atoms with E-state index in [1.54, 1.807) is 0 Å². The highest BCUT2D eigenvalue weighted by Gasteiger charge is 1.99. The van der Waals surface area contributed by atoms with Crippen LogP contribution in [0.1, 0.15) is 17.7 Å². The van der Waals surface area contributed by atoms with Gasteiger partial charge >= 0.3 is 0 Å². The molecule has 0 aliphatic heterocycles. The van der Waals surface area contributed by atoms with Crippen molar-refractivity contribution in [3.63, 3.8) is 0 Å². The van der Waals surface area contributed by atoms with Crippen LogP contribution in [-0.2, 0) is 6.42 Å². The van der Waals surface area contributed by atoms with Gasteiger partial charge in [-0.05, 0) is 61.8 Å². The van der Waals surface area contributed by atoms with Crippen LogP contribution in [0.3, 0.4) is 0 Å². The van der Waals surface area contributed by atoms with E-state index >= 15 is 0 Å². The van der Waals surface area contributed by atoms with Crippen LogP contribution in [0.4, 0.5) is 5.82 Å². The van der Waals surface area contributed by atoms with E-state index in [2.05, 4.69) is 27.8 Å². The van der Waals surface area contributed by atoms with Crippen LogP contribution in [0, 0.1) is 6.92 Å². The summed E-state index contributed by atoms with van der Waals surface area (Å²) in [5.41, 5.74) is 2.24. The third-order valence-electron chi connectivity index (χ3n) is 2.97. The molecule has 0 spiro atoms. The normalized spacial score (nSPS) is 10.2. The maximum atomic E-state index is 5.86. The van der Waals surface area contributed by atoms with Gasteiger partial charge in [0.25, 0.3) is 0 Å². The maximum Gasteiger partial charge on any atom is 0.171 e. The van der Waals surface area contributed by atoms with Gasteiger partial charge in [0, 0.05) is 17.3 Å². The number of halogens is 1. The third-order valence-corrected chi connectivity index (χ3v) is 3.47. The molecule has 0 fully saturated rings. The van der Waals surface area contributed by atoms with E-state index in [1.165, 1.54) is 5.56 Å². The minimum Gasteiger partial charge on any atom is -0.362 e. The second-order valence-corrected chi connectivity index (χ2v) is 5.62. The predicted octanol–water partition coefficient (Wildman–Crippen LogP) is 3.96. The first kappa shape index (κ1) is 15.7. The van der Waals surface area contributed by atoms with Gasteiger partial charge in [0.05, 0.1) is 0 Å². The van der Waals surface area contributed by atoms with E-state index in [4.69, 9.17) is 23.8 Å². The Morgan fingerprint density at radius 1 is 1.19 bits per heavy atom. The minimum atomic E-state index is 0.601. The van der Waals surface area contributed by atoms with Crippen LogP contribution in [0.15, 0.2) is 42.5 Å². The molecule has 5 heteroatoms. The third kappa shape index (κ3) is 5.69. The van der Waals surface area contributed by atoms with Gasteiger partial charge in [-0.15, -0.1) is 0 Å². The van der Waals surface area contributed by atoms with Crippen molar-refractivity contribution < 1.29 is 0 Å². The molecular formula is C16H18ClN3S. The average Bonchev–Trinajstić information content (AvgIpc) is 2.45. The van der Waals surface area contributed by atoms with Crippen molar-refractivity contribution in [2.45, 2.75) is 19.8 Å². The van der Waals surface area contributed by atoms with Gasteiger partial charge in [-0.1, -0.05) is 29.8 Å². The molecule has 1 aromatic heterocycles. The lowest BCUT2D eigenvalue weighted by Gasteiger charge is -2.10. The smallest absolute Gasteiger partial charge is 0.171 e. The van der Waals surface area contributed by atoms with Crippen molar-refractivity contribution >= 4 is 34.7 Å². The number of anilines is 1. The number of rotatable bonds is 5. The fraction of sp³-hybridized carbons (Fsp3) is 0.250. The van der Waals surface area contributed by atoms with Crippen LogP contribution in [0.2, 0.25) is 5.02 Å². The van der Waals surface area contributed by atoms with Gasteiger partial charge in [-0.25, -0.2) is 4.98 Å². The Morgan fingerprint density at radius 3 is 2.67 bits per heavy atom. The zero-order valence-electron chi connectivity index (χ0n) is 11.9. The van der Waals surface area contributed by atoms with Crippen LogP contribution in [0.25, 0.3) is 0 Å².